The highest BCUT2D eigenvalue weighted by molar-refractivity contribution is 7.17. The summed E-state index contributed by atoms with van der Waals surface area (Å²) in [4.78, 5) is 17.7. The van der Waals surface area contributed by atoms with Crippen molar-refractivity contribution in [1.82, 2.24) is 15.6 Å². The third-order valence-electron chi connectivity index (χ3n) is 3.73. The minimum Gasteiger partial charge on any atom is -0.347 e. The summed E-state index contributed by atoms with van der Waals surface area (Å²) in [5, 5.41) is 7.94. The third kappa shape index (κ3) is 3.48. The molecule has 2 N–H and O–H groups in total. The Balaban J connectivity index is 1.76. The van der Waals surface area contributed by atoms with Crippen LogP contribution in [0.15, 0.2) is 24.3 Å². The Kier molecular flexibility index (Phi) is 4.76. The molecular formula is C16H18ClN3OS. The van der Waals surface area contributed by atoms with Crippen molar-refractivity contribution < 1.29 is 4.79 Å². The van der Waals surface area contributed by atoms with Gasteiger partial charge in [0.1, 0.15) is 9.88 Å². The van der Waals surface area contributed by atoms with E-state index in [1.165, 1.54) is 11.3 Å². The molecule has 1 aromatic heterocycles. The maximum atomic E-state index is 12.4. The van der Waals surface area contributed by atoms with Gasteiger partial charge in [-0.1, -0.05) is 23.7 Å². The molecule has 0 unspecified atom stereocenters. The molecule has 22 heavy (non-hydrogen) atoms. The summed E-state index contributed by atoms with van der Waals surface area (Å²) in [5.41, 5.74) is 1.76. The molecule has 1 aliphatic heterocycles. The zero-order chi connectivity index (χ0) is 15.5. The van der Waals surface area contributed by atoms with Crippen LogP contribution in [0.2, 0.25) is 5.02 Å². The van der Waals surface area contributed by atoms with E-state index in [2.05, 4.69) is 15.6 Å². The number of aryl methyl sites for hydroxylation is 1. The van der Waals surface area contributed by atoms with E-state index in [1.807, 2.05) is 31.2 Å². The van der Waals surface area contributed by atoms with Gasteiger partial charge in [-0.2, -0.15) is 0 Å². The number of piperidine rings is 1. The fraction of sp³-hybridized carbons (Fsp3) is 0.375. The number of carbonyl (C=O) groups is 1. The number of benzene rings is 1. The summed E-state index contributed by atoms with van der Waals surface area (Å²) in [7, 11) is 0. The van der Waals surface area contributed by atoms with E-state index in [0.717, 1.165) is 42.2 Å². The summed E-state index contributed by atoms with van der Waals surface area (Å²) in [6.07, 6.45) is 2.13. The first-order valence-corrected chi connectivity index (χ1v) is 8.58. The zero-order valence-electron chi connectivity index (χ0n) is 12.4. The maximum Gasteiger partial charge on any atom is 0.263 e. The second kappa shape index (κ2) is 6.77. The number of hydrogen-bond donors (Lipinski definition) is 2. The van der Waals surface area contributed by atoms with Gasteiger partial charge in [0.05, 0.1) is 5.69 Å². The summed E-state index contributed by atoms with van der Waals surface area (Å²) < 4.78 is 0. The van der Waals surface area contributed by atoms with Crippen LogP contribution in [-0.4, -0.2) is 30.0 Å². The first-order valence-electron chi connectivity index (χ1n) is 7.38. The van der Waals surface area contributed by atoms with Crippen molar-refractivity contribution in [3.05, 3.63) is 39.9 Å². The van der Waals surface area contributed by atoms with E-state index in [-0.39, 0.29) is 11.9 Å². The van der Waals surface area contributed by atoms with Crippen LogP contribution < -0.4 is 10.6 Å². The van der Waals surface area contributed by atoms with Crippen molar-refractivity contribution in [2.45, 2.75) is 25.8 Å². The molecule has 1 fully saturated rings. The highest BCUT2D eigenvalue weighted by atomic mass is 35.5. The number of thiazole rings is 1. The van der Waals surface area contributed by atoms with Crippen LogP contribution in [0, 0.1) is 6.92 Å². The molecule has 0 aliphatic carbocycles. The van der Waals surface area contributed by atoms with E-state index in [1.54, 1.807) is 0 Å². The molecule has 0 spiro atoms. The lowest BCUT2D eigenvalue weighted by Gasteiger charge is -2.23. The van der Waals surface area contributed by atoms with Crippen LogP contribution in [0.3, 0.4) is 0 Å². The number of halogens is 1. The van der Waals surface area contributed by atoms with Gasteiger partial charge in [0, 0.05) is 23.2 Å². The average Bonchev–Trinajstić information content (AvgIpc) is 2.91. The molecule has 6 heteroatoms. The van der Waals surface area contributed by atoms with E-state index in [9.17, 15) is 4.79 Å². The largest absolute Gasteiger partial charge is 0.347 e. The van der Waals surface area contributed by atoms with Gasteiger partial charge in [-0.05, 0) is 38.4 Å². The van der Waals surface area contributed by atoms with Crippen LogP contribution in [0.4, 0.5) is 0 Å². The van der Waals surface area contributed by atoms with Gasteiger partial charge in [0.25, 0.3) is 5.91 Å². The summed E-state index contributed by atoms with van der Waals surface area (Å²) in [6, 6.07) is 7.73. The number of amides is 1. The second-order valence-corrected chi connectivity index (χ2v) is 6.89. The predicted octanol–water partition coefficient (Wildman–Crippen LogP) is 3.25. The molecule has 1 aliphatic rings. The Hall–Kier alpha value is -1.43. The van der Waals surface area contributed by atoms with Gasteiger partial charge in [-0.15, -0.1) is 11.3 Å². The summed E-state index contributed by atoms with van der Waals surface area (Å²) in [5.74, 6) is -0.0242. The van der Waals surface area contributed by atoms with Gasteiger partial charge >= 0.3 is 0 Å². The van der Waals surface area contributed by atoms with Crippen LogP contribution in [0.1, 0.15) is 28.2 Å². The molecule has 1 atom stereocenters. The molecule has 1 saturated heterocycles. The second-order valence-electron chi connectivity index (χ2n) is 5.46. The van der Waals surface area contributed by atoms with E-state index in [4.69, 9.17) is 11.6 Å². The smallest absolute Gasteiger partial charge is 0.263 e. The Bertz CT molecular complexity index is 663. The lowest BCUT2D eigenvalue weighted by Crippen LogP contribution is -2.45. The number of carbonyl (C=O) groups excluding carboxylic acids is 1. The van der Waals surface area contributed by atoms with Gasteiger partial charge < -0.3 is 10.6 Å². The molecular weight excluding hydrogens is 318 g/mol. The van der Waals surface area contributed by atoms with E-state index in [0.29, 0.717) is 9.90 Å². The van der Waals surface area contributed by atoms with Crippen molar-refractivity contribution in [2.24, 2.45) is 0 Å². The standard InChI is InChI=1S/C16H18ClN3OS/c1-10-14(15(21)20-13-3-2-8-18-9-13)22-16(19-10)11-4-6-12(17)7-5-11/h4-7,13,18H,2-3,8-9H2,1H3,(H,20,21)/t13-/m0/s1. The molecule has 3 rings (SSSR count). The number of nitrogens with zero attached hydrogens (tertiary/aromatic N) is 1. The summed E-state index contributed by atoms with van der Waals surface area (Å²) >= 11 is 7.34. The molecule has 2 aromatic rings. The normalized spacial score (nSPS) is 18.2. The van der Waals surface area contributed by atoms with Gasteiger partial charge in [0.15, 0.2) is 0 Å². The van der Waals surface area contributed by atoms with Crippen LogP contribution in [0.25, 0.3) is 10.6 Å². The predicted molar refractivity (Wildman–Crippen MR) is 90.7 cm³/mol. The summed E-state index contributed by atoms with van der Waals surface area (Å²) in [6.45, 7) is 3.75. The van der Waals surface area contributed by atoms with Gasteiger partial charge in [-0.3, -0.25) is 4.79 Å². The van der Waals surface area contributed by atoms with Crippen molar-refractivity contribution in [1.29, 1.82) is 0 Å². The van der Waals surface area contributed by atoms with Crippen LogP contribution in [-0.2, 0) is 0 Å². The van der Waals surface area contributed by atoms with Gasteiger partial charge in [-0.25, -0.2) is 4.98 Å². The van der Waals surface area contributed by atoms with Crippen LogP contribution >= 0.6 is 22.9 Å². The first kappa shape index (κ1) is 15.5. The number of hydrogen-bond acceptors (Lipinski definition) is 4. The lowest BCUT2D eigenvalue weighted by atomic mass is 10.1. The molecule has 2 heterocycles. The van der Waals surface area contributed by atoms with Crippen LogP contribution in [0.5, 0.6) is 0 Å². The fourth-order valence-corrected chi connectivity index (χ4v) is 3.65. The zero-order valence-corrected chi connectivity index (χ0v) is 13.9. The molecule has 1 amide bonds. The van der Waals surface area contributed by atoms with E-state index < -0.39 is 0 Å². The highest BCUT2D eigenvalue weighted by Gasteiger charge is 2.20. The number of nitrogens with one attached hydrogen (secondary N) is 2. The van der Waals surface area contributed by atoms with Crippen molar-refractivity contribution in [2.75, 3.05) is 13.1 Å². The Morgan fingerprint density at radius 3 is 2.86 bits per heavy atom. The SMILES string of the molecule is Cc1nc(-c2ccc(Cl)cc2)sc1C(=O)N[C@H]1CCCNC1. The Labute approximate surface area is 138 Å². The Morgan fingerprint density at radius 2 is 2.18 bits per heavy atom. The lowest BCUT2D eigenvalue weighted by molar-refractivity contribution is 0.0934. The minimum atomic E-state index is -0.0242. The first-order chi connectivity index (χ1) is 10.6. The van der Waals surface area contributed by atoms with E-state index >= 15 is 0 Å². The quantitative estimate of drug-likeness (QED) is 0.905. The molecule has 1 aromatic carbocycles. The van der Waals surface area contributed by atoms with Crippen molar-refractivity contribution in [3.63, 3.8) is 0 Å². The minimum absolute atomic E-state index is 0.0242. The monoisotopic (exact) mass is 335 g/mol. The third-order valence-corrected chi connectivity index (χ3v) is 5.18. The average molecular weight is 336 g/mol. The molecule has 4 nitrogen and oxygen atoms in total. The fourth-order valence-electron chi connectivity index (χ4n) is 2.55. The molecule has 0 radical (unpaired) electrons. The molecule has 116 valence electrons. The molecule has 0 bridgehead atoms. The Morgan fingerprint density at radius 1 is 1.41 bits per heavy atom. The number of rotatable bonds is 3. The topological polar surface area (TPSA) is 54.0 Å². The number of aromatic nitrogens is 1. The molecule has 0 saturated carbocycles. The highest BCUT2D eigenvalue weighted by Crippen LogP contribution is 2.28. The maximum absolute atomic E-state index is 12.4. The van der Waals surface area contributed by atoms with Crippen molar-refractivity contribution >= 4 is 28.8 Å². The van der Waals surface area contributed by atoms with Crippen molar-refractivity contribution in [3.8, 4) is 10.6 Å². The van der Waals surface area contributed by atoms with Gasteiger partial charge in [0.2, 0.25) is 0 Å².